The third-order valence-corrected chi connectivity index (χ3v) is 6.33. The van der Waals surface area contributed by atoms with Crippen molar-refractivity contribution in [1.29, 1.82) is 0 Å². The molecule has 3 aromatic rings. The number of likely N-dealkylation sites (tertiary alicyclic amines) is 1. The molecule has 188 valence electrons. The van der Waals surface area contributed by atoms with Gasteiger partial charge in [-0.2, -0.15) is 0 Å². The molecule has 0 radical (unpaired) electrons. The highest BCUT2D eigenvalue weighted by Crippen LogP contribution is 2.28. The summed E-state index contributed by atoms with van der Waals surface area (Å²) < 4.78 is 1.21. The summed E-state index contributed by atoms with van der Waals surface area (Å²) >= 11 is 5.92. The molecule has 3 heterocycles. The molecule has 0 bridgehead atoms. The average molecular weight is 510 g/mol. The first kappa shape index (κ1) is 25.4. The van der Waals surface area contributed by atoms with Crippen LogP contribution in [0.2, 0.25) is 5.02 Å². The maximum absolute atomic E-state index is 13.4. The molecule has 9 nitrogen and oxygen atoms in total. The molecule has 3 amide bonds. The van der Waals surface area contributed by atoms with Crippen molar-refractivity contribution >= 4 is 40.4 Å². The van der Waals surface area contributed by atoms with E-state index in [0.29, 0.717) is 29.1 Å². The molecule has 0 saturated carbocycles. The Labute approximate surface area is 213 Å². The van der Waals surface area contributed by atoms with Gasteiger partial charge in [-0.05, 0) is 35.2 Å². The molecule has 0 spiro atoms. The largest absolute Gasteiger partial charge is 0.348 e. The maximum atomic E-state index is 13.4. The first-order chi connectivity index (χ1) is 16.9. The second-order valence-electron chi connectivity index (χ2n) is 10.0. The van der Waals surface area contributed by atoms with E-state index in [4.69, 9.17) is 11.6 Å². The zero-order valence-electron chi connectivity index (χ0n) is 20.7. The van der Waals surface area contributed by atoms with Crippen LogP contribution in [-0.2, 0) is 17.9 Å². The van der Waals surface area contributed by atoms with E-state index in [1.54, 1.807) is 49.3 Å². The van der Waals surface area contributed by atoms with Crippen LogP contribution in [-0.4, -0.2) is 64.3 Å². The zero-order valence-corrected chi connectivity index (χ0v) is 21.4. The molecule has 1 saturated heterocycles. The number of rotatable bonds is 6. The SMILES string of the molecule is CN(C)C(=O)c1cnc2c(c1)cc(C(=O)NCc1ccc(Cl)cc1)c(=O)n2CC(=O)N1CC(C)(C)C1. The second-order valence-corrected chi connectivity index (χ2v) is 10.4. The maximum Gasteiger partial charge on any atom is 0.265 e. The summed E-state index contributed by atoms with van der Waals surface area (Å²) in [6, 6.07) is 9.97. The lowest BCUT2D eigenvalue weighted by molar-refractivity contribution is -0.142. The quantitative estimate of drug-likeness (QED) is 0.550. The number of carbonyl (C=O) groups is 3. The number of carbonyl (C=O) groups excluding carboxylic acids is 3. The lowest BCUT2D eigenvalue weighted by atomic mass is 9.84. The lowest BCUT2D eigenvalue weighted by Crippen LogP contribution is -2.56. The van der Waals surface area contributed by atoms with Crippen LogP contribution in [0.25, 0.3) is 11.0 Å². The Morgan fingerprint density at radius 3 is 2.39 bits per heavy atom. The van der Waals surface area contributed by atoms with Gasteiger partial charge in [-0.25, -0.2) is 4.98 Å². The first-order valence-electron chi connectivity index (χ1n) is 11.5. The first-order valence-corrected chi connectivity index (χ1v) is 11.9. The average Bonchev–Trinajstić information content (AvgIpc) is 2.82. The van der Waals surface area contributed by atoms with E-state index in [2.05, 4.69) is 24.1 Å². The Morgan fingerprint density at radius 1 is 1.11 bits per heavy atom. The molecule has 4 rings (SSSR count). The van der Waals surface area contributed by atoms with Crippen LogP contribution in [0.3, 0.4) is 0 Å². The van der Waals surface area contributed by atoms with Crippen LogP contribution in [0.15, 0.2) is 47.4 Å². The van der Waals surface area contributed by atoms with E-state index in [-0.39, 0.29) is 41.5 Å². The molecule has 1 aliphatic rings. The highest BCUT2D eigenvalue weighted by atomic mass is 35.5. The molecule has 0 unspecified atom stereocenters. The van der Waals surface area contributed by atoms with Crippen molar-refractivity contribution in [1.82, 2.24) is 24.7 Å². The molecule has 1 aromatic carbocycles. The van der Waals surface area contributed by atoms with E-state index in [9.17, 15) is 19.2 Å². The van der Waals surface area contributed by atoms with Crippen molar-refractivity contribution in [2.45, 2.75) is 26.9 Å². The molecule has 0 aliphatic carbocycles. The fraction of sp³-hybridized carbons (Fsp3) is 0.346. The molecule has 0 atom stereocenters. The molecular weight excluding hydrogens is 482 g/mol. The fourth-order valence-electron chi connectivity index (χ4n) is 4.23. The molecule has 1 aliphatic heterocycles. The number of pyridine rings is 2. The van der Waals surface area contributed by atoms with Gasteiger partial charge in [0.2, 0.25) is 5.91 Å². The van der Waals surface area contributed by atoms with Gasteiger partial charge in [-0.1, -0.05) is 37.6 Å². The molecule has 2 aromatic heterocycles. The molecular formula is C26H28ClN5O4. The Balaban J connectivity index is 1.71. The van der Waals surface area contributed by atoms with Crippen molar-refractivity contribution in [3.63, 3.8) is 0 Å². The Bertz CT molecular complexity index is 1400. The standard InChI is InChI=1S/C26H28ClN5O4/c1-26(2)14-31(15-26)21(33)13-32-22-17(9-18(12-28-22)24(35)30(3)4)10-20(25(32)36)23(34)29-11-16-5-7-19(27)8-6-16/h5-10,12H,11,13-15H2,1-4H3,(H,29,34). The van der Waals surface area contributed by atoms with Crippen molar-refractivity contribution in [2.75, 3.05) is 27.2 Å². The summed E-state index contributed by atoms with van der Waals surface area (Å²) in [6.45, 7) is 5.25. The van der Waals surface area contributed by atoms with Crippen molar-refractivity contribution in [2.24, 2.45) is 5.41 Å². The van der Waals surface area contributed by atoms with E-state index >= 15 is 0 Å². The Hall–Kier alpha value is -3.72. The van der Waals surface area contributed by atoms with Crippen LogP contribution in [0.4, 0.5) is 0 Å². The summed E-state index contributed by atoms with van der Waals surface area (Å²) in [7, 11) is 3.24. The van der Waals surface area contributed by atoms with Crippen LogP contribution >= 0.6 is 11.6 Å². The van der Waals surface area contributed by atoms with E-state index in [0.717, 1.165) is 5.56 Å². The third kappa shape index (κ3) is 5.26. The van der Waals surface area contributed by atoms with Gasteiger partial charge in [0.1, 0.15) is 17.8 Å². The highest BCUT2D eigenvalue weighted by Gasteiger charge is 2.37. The predicted octanol–water partition coefficient (Wildman–Crippen LogP) is 2.55. The van der Waals surface area contributed by atoms with Crippen molar-refractivity contribution < 1.29 is 14.4 Å². The zero-order chi connectivity index (χ0) is 26.2. The summed E-state index contributed by atoms with van der Waals surface area (Å²) in [5.41, 5.74) is 0.628. The number of hydrogen-bond donors (Lipinski definition) is 1. The Kier molecular flexibility index (Phi) is 6.86. The minimum absolute atomic E-state index is 0.0335. The molecule has 1 N–H and O–H groups in total. The minimum Gasteiger partial charge on any atom is -0.348 e. The van der Waals surface area contributed by atoms with Gasteiger partial charge >= 0.3 is 0 Å². The summed E-state index contributed by atoms with van der Waals surface area (Å²) in [5.74, 6) is -1.09. The van der Waals surface area contributed by atoms with Gasteiger partial charge in [0, 0.05) is 50.3 Å². The summed E-state index contributed by atoms with van der Waals surface area (Å²) in [5, 5.41) is 3.74. The molecule has 1 fully saturated rings. The molecule has 10 heteroatoms. The second kappa shape index (κ2) is 9.73. The van der Waals surface area contributed by atoms with Crippen molar-refractivity contribution in [3.8, 4) is 0 Å². The highest BCUT2D eigenvalue weighted by molar-refractivity contribution is 6.30. The fourth-order valence-corrected chi connectivity index (χ4v) is 4.35. The number of halogens is 1. The lowest BCUT2D eigenvalue weighted by Gasteiger charge is -2.45. The van der Waals surface area contributed by atoms with Gasteiger partial charge in [0.25, 0.3) is 17.4 Å². The van der Waals surface area contributed by atoms with Gasteiger partial charge in [0.15, 0.2) is 0 Å². The third-order valence-electron chi connectivity index (χ3n) is 6.07. The van der Waals surface area contributed by atoms with Gasteiger partial charge in [0.05, 0.1) is 5.56 Å². The Morgan fingerprint density at radius 2 is 1.78 bits per heavy atom. The predicted molar refractivity (Wildman–Crippen MR) is 137 cm³/mol. The van der Waals surface area contributed by atoms with Gasteiger partial charge in [-0.15, -0.1) is 0 Å². The van der Waals surface area contributed by atoms with E-state index in [1.165, 1.54) is 21.7 Å². The van der Waals surface area contributed by atoms with Crippen molar-refractivity contribution in [3.05, 3.63) is 74.7 Å². The number of aromatic nitrogens is 2. The number of amides is 3. The number of benzene rings is 1. The number of fused-ring (bicyclic) bond motifs is 1. The van der Waals surface area contributed by atoms with Crippen LogP contribution in [0.5, 0.6) is 0 Å². The molecule has 36 heavy (non-hydrogen) atoms. The van der Waals surface area contributed by atoms with Crippen LogP contribution in [0, 0.1) is 5.41 Å². The van der Waals surface area contributed by atoms with E-state index < -0.39 is 11.5 Å². The number of nitrogens with one attached hydrogen (secondary N) is 1. The topological polar surface area (TPSA) is 105 Å². The summed E-state index contributed by atoms with van der Waals surface area (Å²) in [4.78, 5) is 59.3. The van der Waals surface area contributed by atoms with Crippen LogP contribution in [0.1, 0.15) is 40.1 Å². The normalized spacial score (nSPS) is 14.3. The van der Waals surface area contributed by atoms with Crippen LogP contribution < -0.4 is 10.9 Å². The monoisotopic (exact) mass is 509 g/mol. The smallest absolute Gasteiger partial charge is 0.265 e. The minimum atomic E-state index is -0.622. The summed E-state index contributed by atoms with van der Waals surface area (Å²) in [6.07, 6.45) is 1.37. The van der Waals surface area contributed by atoms with Gasteiger partial charge < -0.3 is 15.1 Å². The van der Waals surface area contributed by atoms with E-state index in [1.807, 2.05) is 0 Å². The number of nitrogens with zero attached hydrogens (tertiary/aromatic N) is 4. The number of hydrogen-bond acceptors (Lipinski definition) is 5. The van der Waals surface area contributed by atoms with Gasteiger partial charge in [-0.3, -0.25) is 23.7 Å².